The molecule has 0 radical (unpaired) electrons. The van der Waals surface area contributed by atoms with E-state index in [2.05, 4.69) is 41.2 Å². The second-order valence-corrected chi connectivity index (χ2v) is 8.38. The molecule has 0 spiro atoms. The first kappa shape index (κ1) is 14.7. The molecule has 2 nitrogen and oxygen atoms in total. The summed E-state index contributed by atoms with van der Waals surface area (Å²) in [5.74, 6) is 0. The molecule has 0 fully saturated rings. The van der Waals surface area contributed by atoms with Crippen LogP contribution in [0.15, 0.2) is 10.5 Å². The van der Waals surface area contributed by atoms with Crippen LogP contribution >= 0.6 is 38.6 Å². The zero-order valence-electron chi connectivity index (χ0n) is 11.8. The Morgan fingerprint density at radius 3 is 3.00 bits per heavy atom. The third-order valence-corrected chi connectivity index (χ3v) is 7.18. The molecule has 0 saturated heterocycles. The predicted molar refractivity (Wildman–Crippen MR) is 91.8 cm³/mol. The van der Waals surface area contributed by atoms with Gasteiger partial charge in [-0.1, -0.05) is 6.92 Å². The van der Waals surface area contributed by atoms with Crippen LogP contribution in [0.2, 0.25) is 0 Å². The minimum Gasteiger partial charge on any atom is -0.309 e. The molecule has 2 aromatic heterocycles. The van der Waals surface area contributed by atoms with E-state index in [1.54, 1.807) is 0 Å². The molecular formula is C15H19BrN2S2. The summed E-state index contributed by atoms with van der Waals surface area (Å²) in [6.45, 7) is 5.47. The highest BCUT2D eigenvalue weighted by atomic mass is 79.9. The Morgan fingerprint density at radius 2 is 2.30 bits per heavy atom. The van der Waals surface area contributed by atoms with Crippen LogP contribution in [-0.4, -0.2) is 11.5 Å². The van der Waals surface area contributed by atoms with Crippen molar-refractivity contribution in [3.63, 3.8) is 0 Å². The zero-order valence-corrected chi connectivity index (χ0v) is 15.1. The first-order chi connectivity index (χ1) is 9.69. The summed E-state index contributed by atoms with van der Waals surface area (Å²) >= 11 is 7.32. The van der Waals surface area contributed by atoms with Gasteiger partial charge in [-0.15, -0.1) is 22.7 Å². The van der Waals surface area contributed by atoms with Gasteiger partial charge in [0.1, 0.15) is 5.01 Å². The average molecular weight is 371 g/mol. The number of aromatic nitrogens is 1. The molecule has 0 aromatic carbocycles. The standard InChI is InChI=1S/C15H19BrN2S2/c1-3-7-17-11-5-4-6-12-14(11)20-15(18-12)13-8-10(16)9(2)19-13/h8,11,17H,3-7H2,1-2H3. The minimum atomic E-state index is 0.523. The third kappa shape index (κ3) is 2.86. The zero-order chi connectivity index (χ0) is 14.1. The fourth-order valence-electron chi connectivity index (χ4n) is 2.60. The molecule has 1 aliphatic carbocycles. The van der Waals surface area contributed by atoms with E-state index in [1.807, 2.05) is 22.7 Å². The summed E-state index contributed by atoms with van der Waals surface area (Å²) in [4.78, 5) is 9.00. The predicted octanol–water partition coefficient (Wildman–Crippen LogP) is 5.32. The van der Waals surface area contributed by atoms with Crippen LogP contribution in [0.5, 0.6) is 0 Å². The van der Waals surface area contributed by atoms with Crippen LogP contribution in [0.4, 0.5) is 0 Å². The Bertz CT molecular complexity index is 584. The molecule has 3 rings (SSSR count). The average Bonchev–Trinajstić information content (AvgIpc) is 3.01. The second-order valence-electron chi connectivity index (χ2n) is 5.24. The molecule has 1 unspecified atom stereocenters. The quantitative estimate of drug-likeness (QED) is 0.787. The summed E-state index contributed by atoms with van der Waals surface area (Å²) in [5.41, 5.74) is 1.33. The van der Waals surface area contributed by atoms with Crippen molar-refractivity contribution in [2.75, 3.05) is 6.54 Å². The first-order valence-electron chi connectivity index (χ1n) is 7.18. The molecule has 2 heterocycles. The van der Waals surface area contributed by atoms with E-state index in [-0.39, 0.29) is 0 Å². The summed E-state index contributed by atoms with van der Waals surface area (Å²) in [6, 6.07) is 2.73. The smallest absolute Gasteiger partial charge is 0.133 e. The van der Waals surface area contributed by atoms with Gasteiger partial charge in [0.05, 0.1) is 10.6 Å². The fourth-order valence-corrected chi connectivity index (χ4v) is 5.41. The molecule has 1 aliphatic rings. The molecule has 20 heavy (non-hydrogen) atoms. The largest absolute Gasteiger partial charge is 0.309 e. The van der Waals surface area contributed by atoms with Crippen molar-refractivity contribution in [1.82, 2.24) is 10.3 Å². The monoisotopic (exact) mass is 370 g/mol. The van der Waals surface area contributed by atoms with E-state index in [4.69, 9.17) is 4.98 Å². The molecule has 1 N–H and O–H groups in total. The summed E-state index contributed by atoms with van der Waals surface area (Å²) in [6.07, 6.45) is 4.84. The van der Waals surface area contributed by atoms with Gasteiger partial charge in [-0.3, -0.25) is 0 Å². The lowest BCUT2D eigenvalue weighted by Crippen LogP contribution is -2.24. The van der Waals surface area contributed by atoms with Gasteiger partial charge in [-0.25, -0.2) is 4.98 Å². The summed E-state index contributed by atoms with van der Waals surface area (Å²) in [7, 11) is 0. The lowest BCUT2D eigenvalue weighted by Gasteiger charge is -2.22. The number of thiazole rings is 1. The van der Waals surface area contributed by atoms with Gasteiger partial charge in [-0.2, -0.15) is 0 Å². The lowest BCUT2D eigenvalue weighted by atomic mass is 9.98. The Balaban J connectivity index is 1.90. The van der Waals surface area contributed by atoms with Gasteiger partial charge < -0.3 is 5.32 Å². The number of aryl methyl sites for hydroxylation is 2. The van der Waals surface area contributed by atoms with Crippen LogP contribution in [-0.2, 0) is 6.42 Å². The first-order valence-corrected chi connectivity index (χ1v) is 9.61. The van der Waals surface area contributed by atoms with Gasteiger partial charge in [0.15, 0.2) is 0 Å². The van der Waals surface area contributed by atoms with E-state index in [0.29, 0.717) is 6.04 Å². The molecule has 0 amide bonds. The highest BCUT2D eigenvalue weighted by Crippen LogP contribution is 2.41. The molecule has 108 valence electrons. The minimum absolute atomic E-state index is 0.523. The van der Waals surface area contributed by atoms with Gasteiger partial charge >= 0.3 is 0 Å². The SMILES string of the molecule is CCCNC1CCCc2nc(-c3cc(Br)c(C)s3)sc21. The Labute approximate surface area is 136 Å². The second kappa shape index (κ2) is 6.26. The van der Waals surface area contributed by atoms with Crippen LogP contribution in [0.3, 0.4) is 0 Å². The maximum absolute atomic E-state index is 4.90. The van der Waals surface area contributed by atoms with Crippen molar-refractivity contribution in [3.05, 3.63) is 26.0 Å². The molecule has 0 bridgehead atoms. The number of rotatable bonds is 4. The lowest BCUT2D eigenvalue weighted by molar-refractivity contribution is 0.465. The Hall–Kier alpha value is -0.230. The Kier molecular flexibility index (Phi) is 4.60. The highest BCUT2D eigenvalue weighted by Gasteiger charge is 2.25. The van der Waals surface area contributed by atoms with Crippen molar-refractivity contribution in [1.29, 1.82) is 0 Å². The van der Waals surface area contributed by atoms with Crippen LogP contribution in [0, 0.1) is 6.92 Å². The van der Waals surface area contributed by atoms with Crippen molar-refractivity contribution in [2.24, 2.45) is 0 Å². The Morgan fingerprint density at radius 1 is 1.45 bits per heavy atom. The van der Waals surface area contributed by atoms with Crippen LogP contribution < -0.4 is 5.32 Å². The normalized spacial score (nSPS) is 18.2. The number of halogens is 1. The molecule has 5 heteroatoms. The van der Waals surface area contributed by atoms with Crippen molar-refractivity contribution in [3.8, 4) is 9.88 Å². The van der Waals surface area contributed by atoms with E-state index < -0.39 is 0 Å². The van der Waals surface area contributed by atoms with E-state index in [1.165, 1.54) is 49.1 Å². The highest BCUT2D eigenvalue weighted by molar-refractivity contribution is 9.10. The number of hydrogen-bond acceptors (Lipinski definition) is 4. The number of fused-ring (bicyclic) bond motifs is 1. The molecule has 0 aliphatic heterocycles. The molecule has 0 saturated carbocycles. The van der Waals surface area contributed by atoms with Gasteiger partial charge in [0.2, 0.25) is 0 Å². The molecular weight excluding hydrogens is 352 g/mol. The number of nitrogens with one attached hydrogen (secondary N) is 1. The number of hydrogen-bond donors (Lipinski definition) is 1. The van der Waals surface area contributed by atoms with Gasteiger partial charge in [0.25, 0.3) is 0 Å². The van der Waals surface area contributed by atoms with E-state index >= 15 is 0 Å². The van der Waals surface area contributed by atoms with E-state index in [9.17, 15) is 0 Å². The van der Waals surface area contributed by atoms with Gasteiger partial charge in [-0.05, 0) is 61.1 Å². The van der Waals surface area contributed by atoms with Crippen molar-refractivity contribution < 1.29 is 0 Å². The maximum Gasteiger partial charge on any atom is 0.133 e. The van der Waals surface area contributed by atoms with Gasteiger partial charge in [0, 0.05) is 20.3 Å². The molecule has 2 aromatic rings. The number of nitrogens with zero attached hydrogens (tertiary/aromatic N) is 1. The van der Waals surface area contributed by atoms with E-state index in [0.717, 1.165) is 13.0 Å². The maximum atomic E-state index is 4.90. The number of thiophene rings is 1. The van der Waals surface area contributed by atoms with Crippen molar-refractivity contribution >= 4 is 38.6 Å². The summed E-state index contributed by atoms with van der Waals surface area (Å²) < 4.78 is 1.20. The van der Waals surface area contributed by atoms with Crippen LogP contribution in [0.1, 0.15) is 47.7 Å². The van der Waals surface area contributed by atoms with Crippen molar-refractivity contribution in [2.45, 2.75) is 45.6 Å². The topological polar surface area (TPSA) is 24.9 Å². The third-order valence-electron chi connectivity index (χ3n) is 3.66. The molecule has 1 atom stereocenters. The van der Waals surface area contributed by atoms with Crippen LogP contribution in [0.25, 0.3) is 9.88 Å². The fraction of sp³-hybridized carbons (Fsp3) is 0.533. The summed E-state index contributed by atoms with van der Waals surface area (Å²) in [5, 5.41) is 4.87.